The maximum absolute atomic E-state index is 13.1. The molecule has 0 heterocycles. The summed E-state index contributed by atoms with van der Waals surface area (Å²) in [4.78, 5) is 72.9. The minimum atomic E-state index is -4.99. The molecule has 0 spiro atoms. The highest BCUT2D eigenvalue weighted by molar-refractivity contribution is 7.47. The fraction of sp³-hybridized carbons (Fsp3) is 0.679. The van der Waals surface area contributed by atoms with Crippen molar-refractivity contribution < 1.29 is 80.2 Å². The number of hydrogen-bond acceptors (Lipinski definition) is 15. The Kier molecular flexibility index (Phi) is 69.1. The number of ether oxygens (including phenoxy) is 4. The monoisotopic (exact) mass is 1440 g/mol. The summed E-state index contributed by atoms with van der Waals surface area (Å²) in [5.74, 6) is -2.26. The van der Waals surface area contributed by atoms with E-state index in [9.17, 15) is 43.2 Å². The Morgan fingerprint density at radius 1 is 0.290 bits per heavy atom. The van der Waals surface area contributed by atoms with E-state index >= 15 is 0 Å². The lowest BCUT2D eigenvalue weighted by molar-refractivity contribution is -0.161. The van der Waals surface area contributed by atoms with Gasteiger partial charge >= 0.3 is 39.5 Å². The molecule has 0 fully saturated rings. The van der Waals surface area contributed by atoms with Gasteiger partial charge in [-0.2, -0.15) is 0 Å². The van der Waals surface area contributed by atoms with Gasteiger partial charge in [0.05, 0.1) is 26.4 Å². The van der Waals surface area contributed by atoms with E-state index in [1.807, 2.05) is 0 Å². The van der Waals surface area contributed by atoms with Crippen LogP contribution in [-0.2, 0) is 65.4 Å². The molecule has 0 radical (unpaired) electrons. The maximum Gasteiger partial charge on any atom is 0.472 e. The van der Waals surface area contributed by atoms with Crippen LogP contribution in [0.2, 0.25) is 0 Å². The lowest BCUT2D eigenvalue weighted by Crippen LogP contribution is -2.30. The highest BCUT2D eigenvalue weighted by atomic mass is 31.2. The van der Waals surface area contributed by atoms with E-state index in [4.69, 9.17) is 37.0 Å². The van der Waals surface area contributed by atoms with Crippen LogP contribution < -0.4 is 0 Å². The van der Waals surface area contributed by atoms with Crippen molar-refractivity contribution in [2.24, 2.45) is 0 Å². The molecule has 0 rings (SSSR count). The predicted molar refractivity (Wildman–Crippen MR) is 408 cm³/mol. The maximum atomic E-state index is 13.1. The zero-order valence-electron chi connectivity index (χ0n) is 62.3. The van der Waals surface area contributed by atoms with Gasteiger partial charge in [-0.3, -0.25) is 37.3 Å². The second kappa shape index (κ2) is 72.5. The van der Waals surface area contributed by atoms with Gasteiger partial charge < -0.3 is 33.8 Å². The largest absolute Gasteiger partial charge is 0.472 e. The molecule has 19 heteroatoms. The van der Waals surface area contributed by atoms with Crippen LogP contribution in [0.25, 0.3) is 0 Å². The Morgan fingerprint density at radius 2 is 0.540 bits per heavy atom. The average Bonchev–Trinajstić information content (AvgIpc) is 0.935. The zero-order chi connectivity index (χ0) is 73.2. The van der Waals surface area contributed by atoms with Crippen LogP contribution in [0.1, 0.15) is 297 Å². The SMILES string of the molecule is CC/C=C\C/C=C\C/C=C\C/C=C\CCCCCCCCC(=O)OCC(COP(=O)(O)OCC(O)COP(=O)(O)OCC(COC(=O)CCCC/C=C\C/C=C\C/C=C\C/C=C\CC)OC(=O)CCCCCCC/C=C\C/C=C\CCC)OC(=O)CCCCCCC/C=C\CCCCCC. The number of hydrogen-bond donors (Lipinski definition) is 3. The van der Waals surface area contributed by atoms with Crippen molar-refractivity contribution in [3.8, 4) is 0 Å². The third-order valence-electron chi connectivity index (χ3n) is 15.6. The van der Waals surface area contributed by atoms with Gasteiger partial charge in [0.25, 0.3) is 0 Å². The first-order valence-electron chi connectivity index (χ1n) is 38.4. The van der Waals surface area contributed by atoms with Crippen LogP contribution in [-0.4, -0.2) is 96.7 Å². The van der Waals surface area contributed by atoms with Crippen LogP contribution in [0.3, 0.4) is 0 Å². The Morgan fingerprint density at radius 3 is 0.870 bits per heavy atom. The van der Waals surface area contributed by atoms with Gasteiger partial charge in [0.2, 0.25) is 0 Å². The summed E-state index contributed by atoms with van der Waals surface area (Å²) < 4.78 is 68.4. The summed E-state index contributed by atoms with van der Waals surface area (Å²) in [7, 11) is -9.98. The number of carbonyl (C=O) groups excluding carboxylic acids is 4. The summed E-state index contributed by atoms with van der Waals surface area (Å²) in [6.07, 6.45) is 80.2. The lowest BCUT2D eigenvalue weighted by atomic mass is 10.1. The van der Waals surface area contributed by atoms with E-state index in [1.54, 1.807) is 0 Å². The van der Waals surface area contributed by atoms with Crippen LogP contribution in [0.5, 0.6) is 0 Å². The van der Waals surface area contributed by atoms with Crippen molar-refractivity contribution >= 4 is 39.5 Å². The molecule has 0 aliphatic rings. The van der Waals surface area contributed by atoms with E-state index in [0.29, 0.717) is 25.7 Å². The smallest absolute Gasteiger partial charge is 0.462 e. The molecule has 0 aromatic heterocycles. The minimum Gasteiger partial charge on any atom is -0.462 e. The van der Waals surface area contributed by atoms with E-state index in [0.717, 1.165) is 193 Å². The summed E-state index contributed by atoms with van der Waals surface area (Å²) in [6, 6.07) is 0. The van der Waals surface area contributed by atoms with E-state index in [2.05, 4.69) is 161 Å². The lowest BCUT2D eigenvalue weighted by Gasteiger charge is -2.21. The summed E-state index contributed by atoms with van der Waals surface area (Å²) in [6.45, 7) is 4.47. The highest BCUT2D eigenvalue weighted by Crippen LogP contribution is 2.45. The fourth-order valence-corrected chi connectivity index (χ4v) is 11.3. The number of rotatable bonds is 71. The molecule has 100 heavy (non-hydrogen) atoms. The molecule has 572 valence electrons. The Bertz CT molecular complexity index is 2420. The molecule has 17 nitrogen and oxygen atoms in total. The van der Waals surface area contributed by atoms with Gasteiger partial charge in [-0.05, 0) is 154 Å². The van der Waals surface area contributed by atoms with E-state index in [1.165, 1.54) is 25.7 Å². The molecule has 0 amide bonds. The number of allylic oxidation sites excluding steroid dienone is 22. The van der Waals surface area contributed by atoms with Crippen molar-refractivity contribution in [2.45, 2.75) is 316 Å². The minimum absolute atomic E-state index is 0.0663. The molecule has 3 N–H and O–H groups in total. The number of esters is 4. The predicted octanol–water partition coefficient (Wildman–Crippen LogP) is 22.1. The molecular weight excluding hydrogens is 1310 g/mol. The number of unbranched alkanes of at least 4 members (excludes halogenated alkanes) is 23. The molecule has 0 saturated carbocycles. The van der Waals surface area contributed by atoms with Gasteiger partial charge in [0, 0.05) is 25.7 Å². The number of carbonyl (C=O) groups is 4. The van der Waals surface area contributed by atoms with Crippen molar-refractivity contribution in [1.82, 2.24) is 0 Å². The fourth-order valence-electron chi connectivity index (χ4n) is 9.76. The first kappa shape index (κ1) is 95.2. The Balaban J connectivity index is 5.38. The van der Waals surface area contributed by atoms with Gasteiger partial charge in [0.15, 0.2) is 12.2 Å². The molecule has 0 bridgehead atoms. The molecule has 0 aromatic rings. The average molecular weight is 1440 g/mol. The van der Waals surface area contributed by atoms with Crippen molar-refractivity contribution in [3.05, 3.63) is 134 Å². The molecule has 5 unspecified atom stereocenters. The summed E-state index contributed by atoms with van der Waals surface area (Å²) in [5, 5.41) is 10.6. The first-order chi connectivity index (χ1) is 48.7. The number of phosphoric ester groups is 2. The van der Waals surface area contributed by atoms with Crippen LogP contribution in [0.15, 0.2) is 134 Å². The molecule has 0 aliphatic heterocycles. The third-order valence-corrected chi connectivity index (χ3v) is 17.5. The topological polar surface area (TPSA) is 237 Å². The quantitative estimate of drug-likeness (QED) is 0.0169. The van der Waals surface area contributed by atoms with Crippen molar-refractivity contribution in [3.63, 3.8) is 0 Å². The number of phosphoric acid groups is 2. The third kappa shape index (κ3) is 71.6. The zero-order valence-corrected chi connectivity index (χ0v) is 64.1. The van der Waals surface area contributed by atoms with E-state index in [-0.39, 0.29) is 25.7 Å². The molecular formula is C81H136O17P2. The van der Waals surface area contributed by atoms with Crippen molar-refractivity contribution in [2.75, 3.05) is 39.6 Å². The van der Waals surface area contributed by atoms with Gasteiger partial charge in [-0.15, -0.1) is 0 Å². The van der Waals surface area contributed by atoms with Crippen LogP contribution >= 0.6 is 15.6 Å². The van der Waals surface area contributed by atoms with Crippen molar-refractivity contribution in [1.29, 1.82) is 0 Å². The summed E-state index contributed by atoms with van der Waals surface area (Å²) >= 11 is 0. The highest BCUT2D eigenvalue weighted by Gasteiger charge is 2.30. The molecule has 0 saturated heterocycles. The normalized spacial score (nSPS) is 14.7. The first-order valence-corrected chi connectivity index (χ1v) is 41.4. The molecule has 5 atom stereocenters. The summed E-state index contributed by atoms with van der Waals surface area (Å²) in [5.41, 5.74) is 0. The molecule has 0 aliphatic carbocycles. The molecule has 0 aromatic carbocycles. The second-order valence-electron chi connectivity index (χ2n) is 25.2. The van der Waals surface area contributed by atoms with Crippen LogP contribution in [0, 0.1) is 0 Å². The second-order valence-corrected chi connectivity index (χ2v) is 28.1. The van der Waals surface area contributed by atoms with Crippen LogP contribution in [0.4, 0.5) is 0 Å². The van der Waals surface area contributed by atoms with Gasteiger partial charge in [-0.25, -0.2) is 9.13 Å². The standard InChI is InChI=1S/C81H136O17P2/c1-5-9-13-17-21-25-29-33-35-36-37-38-40-44-46-50-54-58-62-66-79(84)92-72-77(98-81(86)68-64-60-56-52-48-42-32-28-24-20-16-12-8-4)74-96-100(89,90)94-70-75(82)69-93-99(87,88)95-73-76(97-80(85)67-63-59-55-51-47-41-31-27-23-19-15-11-7-3)71-91-78(83)65-61-57-53-49-45-43-39-34-30-26-22-18-14-10-6-2/h9-10,13-15,19,21-22,25-28,31-35,37-39,45,49,75-77,82H,5-8,11-12,16-18,20,23-24,29-30,36,40-44,46-48,50-74H2,1-4H3,(H,87,88)(H,89,90)/b13-9-,14-10-,19-15-,25-21-,26-22-,31-27-,32-28-,35-33-,38-37-,39-34-,49-45-. The van der Waals surface area contributed by atoms with Gasteiger partial charge in [0.1, 0.15) is 19.3 Å². The number of aliphatic hydroxyl groups excluding tert-OH is 1. The van der Waals surface area contributed by atoms with Gasteiger partial charge in [-0.1, -0.05) is 251 Å². The Hall–Kier alpha value is -4.80. The number of aliphatic hydroxyl groups is 1. The Labute approximate surface area is 605 Å². The van der Waals surface area contributed by atoms with E-state index < -0.39 is 97.5 Å².